The summed E-state index contributed by atoms with van der Waals surface area (Å²) in [6, 6.07) is 4.14. The Morgan fingerprint density at radius 1 is 1.33 bits per heavy atom. The van der Waals surface area contributed by atoms with Crippen LogP contribution in [0.5, 0.6) is 0 Å². The molecule has 1 aliphatic rings. The lowest BCUT2D eigenvalue weighted by Crippen LogP contribution is -2.32. The predicted molar refractivity (Wildman–Crippen MR) is 81.0 cm³/mol. The first-order chi connectivity index (χ1) is 9.80. The number of hydrogen-bond donors (Lipinski definition) is 1. The number of hydrogen-bond acceptors (Lipinski definition) is 4. The van der Waals surface area contributed by atoms with Gasteiger partial charge in [-0.2, -0.15) is 0 Å². The third-order valence-electron chi connectivity index (χ3n) is 4.08. The molecule has 2 rings (SSSR count). The summed E-state index contributed by atoms with van der Waals surface area (Å²) in [5, 5.41) is 11.1. The molecule has 1 heterocycles. The van der Waals surface area contributed by atoms with Crippen molar-refractivity contribution >= 4 is 17.3 Å². The highest BCUT2D eigenvalue weighted by atomic mass is 16.6. The van der Waals surface area contributed by atoms with E-state index in [1.807, 2.05) is 0 Å². The van der Waals surface area contributed by atoms with E-state index in [4.69, 9.17) is 5.73 Å². The molecule has 0 aromatic heterocycles. The van der Waals surface area contributed by atoms with Crippen LogP contribution in [0.25, 0.3) is 0 Å². The highest BCUT2D eigenvalue weighted by molar-refractivity contribution is 5.99. The molecule has 0 saturated carbocycles. The third-order valence-corrected chi connectivity index (χ3v) is 4.08. The minimum atomic E-state index is -0.533. The molecule has 114 valence electrons. The van der Waals surface area contributed by atoms with Crippen molar-refractivity contribution in [1.82, 2.24) is 4.90 Å². The number of nitrogen functional groups attached to an aromatic ring is 1. The van der Waals surface area contributed by atoms with Crippen molar-refractivity contribution in [3.8, 4) is 0 Å². The average Bonchev–Trinajstić information content (AvgIpc) is 2.58. The molecule has 21 heavy (non-hydrogen) atoms. The summed E-state index contributed by atoms with van der Waals surface area (Å²) in [7, 11) is 0. The van der Waals surface area contributed by atoms with Gasteiger partial charge in [-0.1, -0.05) is 13.8 Å². The van der Waals surface area contributed by atoms with Crippen LogP contribution in [0.3, 0.4) is 0 Å². The number of rotatable bonds is 2. The van der Waals surface area contributed by atoms with Crippen molar-refractivity contribution in [3.63, 3.8) is 0 Å². The molecule has 1 saturated heterocycles. The molecule has 0 unspecified atom stereocenters. The number of anilines is 1. The van der Waals surface area contributed by atoms with Gasteiger partial charge in [0.15, 0.2) is 0 Å². The Bertz CT molecular complexity index is 569. The molecule has 6 nitrogen and oxygen atoms in total. The number of nitro benzene ring substituents is 1. The lowest BCUT2D eigenvalue weighted by atomic mass is 9.85. The SMILES string of the molecule is CC1(C)CCCN(C(=O)c2cc(N)ccc2[N+](=O)[O-])CC1. The number of carbonyl (C=O) groups is 1. The first kappa shape index (κ1) is 15.3. The summed E-state index contributed by atoms with van der Waals surface area (Å²) < 4.78 is 0. The number of benzene rings is 1. The van der Waals surface area contributed by atoms with Crippen LogP contribution in [0, 0.1) is 15.5 Å². The normalized spacial score (nSPS) is 18.1. The van der Waals surface area contributed by atoms with Gasteiger partial charge in [0.05, 0.1) is 4.92 Å². The molecule has 0 radical (unpaired) electrons. The highest BCUT2D eigenvalue weighted by Crippen LogP contribution is 2.31. The van der Waals surface area contributed by atoms with Crippen molar-refractivity contribution in [1.29, 1.82) is 0 Å². The molecular formula is C15H21N3O3. The zero-order valence-electron chi connectivity index (χ0n) is 12.5. The molecule has 0 atom stereocenters. The van der Waals surface area contributed by atoms with Gasteiger partial charge in [0.1, 0.15) is 5.56 Å². The summed E-state index contributed by atoms with van der Waals surface area (Å²) in [6.07, 6.45) is 2.86. The Morgan fingerprint density at radius 3 is 2.71 bits per heavy atom. The van der Waals surface area contributed by atoms with Crippen molar-refractivity contribution in [2.24, 2.45) is 5.41 Å². The van der Waals surface area contributed by atoms with E-state index in [0.29, 0.717) is 18.8 Å². The van der Waals surface area contributed by atoms with Gasteiger partial charge in [0.2, 0.25) is 0 Å². The Labute approximate surface area is 124 Å². The largest absolute Gasteiger partial charge is 0.399 e. The van der Waals surface area contributed by atoms with Gasteiger partial charge in [0.25, 0.3) is 11.6 Å². The van der Waals surface area contributed by atoms with E-state index in [2.05, 4.69) is 13.8 Å². The van der Waals surface area contributed by atoms with Gasteiger partial charge in [0, 0.05) is 24.8 Å². The molecule has 0 spiro atoms. The molecule has 6 heteroatoms. The van der Waals surface area contributed by atoms with Gasteiger partial charge >= 0.3 is 0 Å². The maximum Gasteiger partial charge on any atom is 0.282 e. The van der Waals surface area contributed by atoms with Crippen LogP contribution in [0.15, 0.2) is 18.2 Å². The standard InChI is InChI=1S/C15H21N3O3/c1-15(2)6-3-8-17(9-7-15)14(19)12-10-11(16)4-5-13(12)18(20)21/h4-5,10H,3,6-9,16H2,1-2H3. The Kier molecular flexibility index (Phi) is 4.16. The van der Waals surface area contributed by atoms with Crippen LogP contribution in [0.4, 0.5) is 11.4 Å². The van der Waals surface area contributed by atoms with E-state index >= 15 is 0 Å². The second-order valence-corrected chi connectivity index (χ2v) is 6.34. The van der Waals surface area contributed by atoms with Crippen LogP contribution >= 0.6 is 0 Å². The Morgan fingerprint density at radius 2 is 2.05 bits per heavy atom. The number of carbonyl (C=O) groups excluding carboxylic acids is 1. The zero-order chi connectivity index (χ0) is 15.6. The fraction of sp³-hybridized carbons (Fsp3) is 0.533. The molecule has 1 aliphatic heterocycles. The average molecular weight is 291 g/mol. The zero-order valence-corrected chi connectivity index (χ0v) is 12.5. The smallest absolute Gasteiger partial charge is 0.282 e. The van der Waals surface area contributed by atoms with Gasteiger partial charge in [-0.15, -0.1) is 0 Å². The summed E-state index contributed by atoms with van der Waals surface area (Å²) in [6.45, 7) is 5.62. The fourth-order valence-electron chi connectivity index (χ4n) is 2.68. The highest BCUT2D eigenvalue weighted by Gasteiger charge is 2.29. The number of nitro groups is 1. The first-order valence-corrected chi connectivity index (χ1v) is 7.13. The molecule has 0 bridgehead atoms. The molecule has 0 aliphatic carbocycles. The van der Waals surface area contributed by atoms with Crippen LogP contribution in [0.1, 0.15) is 43.5 Å². The van der Waals surface area contributed by atoms with Crippen molar-refractivity contribution in [3.05, 3.63) is 33.9 Å². The third kappa shape index (κ3) is 3.51. The monoisotopic (exact) mass is 291 g/mol. The van der Waals surface area contributed by atoms with Gasteiger partial charge in [-0.3, -0.25) is 14.9 Å². The van der Waals surface area contributed by atoms with E-state index in [9.17, 15) is 14.9 Å². The minimum absolute atomic E-state index is 0.0831. The maximum atomic E-state index is 12.6. The summed E-state index contributed by atoms with van der Waals surface area (Å²) >= 11 is 0. The minimum Gasteiger partial charge on any atom is -0.399 e. The van der Waals surface area contributed by atoms with Crippen LogP contribution in [-0.2, 0) is 0 Å². The Balaban J connectivity index is 2.27. The number of nitrogens with two attached hydrogens (primary N) is 1. The summed E-state index contributed by atoms with van der Waals surface area (Å²) in [5.41, 5.74) is 6.14. The van der Waals surface area contributed by atoms with Gasteiger partial charge < -0.3 is 10.6 Å². The van der Waals surface area contributed by atoms with Crippen molar-refractivity contribution in [2.75, 3.05) is 18.8 Å². The predicted octanol–water partition coefficient (Wildman–Crippen LogP) is 2.83. The molecule has 1 aromatic carbocycles. The fourth-order valence-corrected chi connectivity index (χ4v) is 2.68. The van der Waals surface area contributed by atoms with Crippen molar-refractivity contribution < 1.29 is 9.72 Å². The maximum absolute atomic E-state index is 12.6. The lowest BCUT2D eigenvalue weighted by molar-refractivity contribution is -0.385. The van der Waals surface area contributed by atoms with Crippen LogP contribution < -0.4 is 5.73 Å². The van der Waals surface area contributed by atoms with Gasteiger partial charge in [-0.05, 0) is 36.8 Å². The second-order valence-electron chi connectivity index (χ2n) is 6.34. The topological polar surface area (TPSA) is 89.5 Å². The van der Waals surface area contributed by atoms with Gasteiger partial charge in [-0.25, -0.2) is 0 Å². The number of nitrogens with zero attached hydrogens (tertiary/aromatic N) is 2. The van der Waals surface area contributed by atoms with E-state index in [1.165, 1.54) is 18.2 Å². The quantitative estimate of drug-likeness (QED) is 0.515. The van der Waals surface area contributed by atoms with Crippen LogP contribution in [-0.4, -0.2) is 28.8 Å². The molecule has 1 aromatic rings. The van der Waals surface area contributed by atoms with E-state index in [1.54, 1.807) is 4.90 Å². The van der Waals surface area contributed by atoms with E-state index in [0.717, 1.165) is 19.3 Å². The Hall–Kier alpha value is -2.11. The molecule has 1 amide bonds. The van der Waals surface area contributed by atoms with Crippen LogP contribution in [0.2, 0.25) is 0 Å². The lowest BCUT2D eigenvalue weighted by Gasteiger charge is -2.23. The first-order valence-electron chi connectivity index (χ1n) is 7.13. The molecular weight excluding hydrogens is 270 g/mol. The second kappa shape index (κ2) is 5.71. The van der Waals surface area contributed by atoms with E-state index < -0.39 is 4.92 Å². The molecule has 2 N–H and O–H groups in total. The number of likely N-dealkylation sites (tertiary alicyclic amines) is 1. The number of amides is 1. The summed E-state index contributed by atoms with van der Waals surface area (Å²) in [4.78, 5) is 24.9. The van der Waals surface area contributed by atoms with Crippen molar-refractivity contribution in [2.45, 2.75) is 33.1 Å². The van der Waals surface area contributed by atoms with E-state index in [-0.39, 0.29) is 22.6 Å². The molecule has 1 fully saturated rings. The summed E-state index contributed by atoms with van der Waals surface area (Å²) in [5.74, 6) is -0.299.